The number of carbonyl (C=O) groups is 1. The number of carbonyl (C=O) groups excluding carboxylic acids is 1. The molecule has 0 aromatic heterocycles. The summed E-state index contributed by atoms with van der Waals surface area (Å²) in [6.07, 6.45) is 3.41. The molecule has 0 spiro atoms. The first-order valence-corrected chi connectivity index (χ1v) is 7.11. The van der Waals surface area contributed by atoms with Gasteiger partial charge < -0.3 is 15.2 Å². The maximum atomic E-state index is 12.4. The Morgan fingerprint density at radius 2 is 2.00 bits per heavy atom. The lowest BCUT2D eigenvalue weighted by Crippen LogP contribution is -2.11. The van der Waals surface area contributed by atoms with Crippen LogP contribution >= 0.6 is 0 Å². The van der Waals surface area contributed by atoms with Crippen LogP contribution in [0, 0.1) is 5.92 Å². The van der Waals surface area contributed by atoms with Crippen LogP contribution in [0.5, 0.6) is 11.5 Å². The number of nitrogens with two attached hydrogens (primary N) is 1. The van der Waals surface area contributed by atoms with Crippen LogP contribution in [0.1, 0.15) is 43.0 Å². The molecule has 1 rings (SSSR count). The number of hydrogen-bond donors (Lipinski definition) is 1. The van der Waals surface area contributed by atoms with Crippen LogP contribution in [0.15, 0.2) is 18.2 Å². The van der Waals surface area contributed by atoms with Gasteiger partial charge in [0.25, 0.3) is 0 Å². The molecule has 0 fully saturated rings. The molecule has 0 aliphatic carbocycles. The second kappa shape index (κ2) is 8.59. The van der Waals surface area contributed by atoms with Crippen molar-refractivity contribution in [1.82, 2.24) is 0 Å². The third-order valence-electron chi connectivity index (χ3n) is 3.64. The Morgan fingerprint density at radius 1 is 1.25 bits per heavy atom. The van der Waals surface area contributed by atoms with E-state index in [0.29, 0.717) is 35.9 Å². The molecule has 20 heavy (non-hydrogen) atoms. The van der Waals surface area contributed by atoms with Gasteiger partial charge in [-0.25, -0.2) is 0 Å². The van der Waals surface area contributed by atoms with E-state index < -0.39 is 0 Å². The summed E-state index contributed by atoms with van der Waals surface area (Å²) in [7, 11) is 3.16. The molecule has 0 aliphatic heterocycles. The topological polar surface area (TPSA) is 61.6 Å². The second-order valence-electron chi connectivity index (χ2n) is 4.88. The highest BCUT2D eigenvalue weighted by Crippen LogP contribution is 2.26. The highest BCUT2D eigenvalue weighted by molar-refractivity contribution is 5.99. The van der Waals surface area contributed by atoms with E-state index in [4.69, 9.17) is 15.2 Å². The van der Waals surface area contributed by atoms with E-state index in [0.717, 1.165) is 19.3 Å². The fraction of sp³-hybridized carbons (Fsp3) is 0.562. The van der Waals surface area contributed by atoms with Gasteiger partial charge in [0.1, 0.15) is 11.5 Å². The summed E-state index contributed by atoms with van der Waals surface area (Å²) in [4.78, 5) is 12.4. The highest BCUT2D eigenvalue weighted by atomic mass is 16.5. The van der Waals surface area contributed by atoms with Crippen molar-refractivity contribution in [3.63, 3.8) is 0 Å². The third-order valence-corrected chi connectivity index (χ3v) is 3.64. The first kappa shape index (κ1) is 16.5. The molecular formula is C16H25NO3. The molecule has 112 valence electrons. The van der Waals surface area contributed by atoms with Crippen molar-refractivity contribution < 1.29 is 14.3 Å². The smallest absolute Gasteiger partial charge is 0.166 e. The van der Waals surface area contributed by atoms with Crippen molar-refractivity contribution >= 4 is 5.78 Å². The predicted octanol–water partition coefficient (Wildman–Crippen LogP) is 3.04. The second-order valence-corrected chi connectivity index (χ2v) is 4.88. The Kier molecular flexibility index (Phi) is 7.09. The molecule has 0 heterocycles. The Balaban J connectivity index is 2.75. The zero-order valence-electron chi connectivity index (χ0n) is 12.6. The number of benzene rings is 1. The van der Waals surface area contributed by atoms with Crippen LogP contribution < -0.4 is 15.2 Å². The maximum absolute atomic E-state index is 12.4. The summed E-state index contributed by atoms with van der Waals surface area (Å²) in [5.74, 6) is 1.88. The van der Waals surface area contributed by atoms with Crippen LogP contribution in [-0.2, 0) is 0 Å². The normalized spacial score (nSPS) is 12.0. The van der Waals surface area contributed by atoms with E-state index in [9.17, 15) is 4.79 Å². The van der Waals surface area contributed by atoms with Gasteiger partial charge in [-0.1, -0.05) is 13.3 Å². The number of ether oxygens (including phenoxy) is 2. The molecule has 0 amide bonds. The Bertz CT molecular complexity index is 432. The van der Waals surface area contributed by atoms with Gasteiger partial charge in [0, 0.05) is 6.42 Å². The number of ketones is 1. The lowest BCUT2D eigenvalue weighted by molar-refractivity contribution is 0.0969. The van der Waals surface area contributed by atoms with Gasteiger partial charge in [0.15, 0.2) is 5.78 Å². The quantitative estimate of drug-likeness (QED) is 0.706. The third kappa shape index (κ3) is 4.53. The summed E-state index contributed by atoms with van der Waals surface area (Å²) in [6.45, 7) is 2.81. The van der Waals surface area contributed by atoms with Crippen LogP contribution in [0.3, 0.4) is 0 Å². The average Bonchev–Trinajstić information content (AvgIpc) is 2.50. The minimum Gasteiger partial charge on any atom is -0.497 e. The zero-order valence-corrected chi connectivity index (χ0v) is 12.6. The standard InChI is InChI=1S/C16H25NO3/c1-4-12(9-10-17)5-7-15(18)14-11-13(19-2)6-8-16(14)20-3/h6,8,11-12H,4-5,7,9-10,17H2,1-3H3. The van der Waals surface area contributed by atoms with Crippen LogP contribution in [0.25, 0.3) is 0 Å². The molecule has 0 aliphatic rings. The number of Topliss-reactive ketones (excluding diaryl/α,β-unsaturated/α-hetero) is 1. The summed E-state index contributed by atoms with van der Waals surface area (Å²) in [6, 6.07) is 5.30. The number of rotatable bonds is 9. The molecule has 4 nitrogen and oxygen atoms in total. The van der Waals surface area contributed by atoms with Crippen molar-refractivity contribution in [2.75, 3.05) is 20.8 Å². The number of methoxy groups -OCH3 is 2. The van der Waals surface area contributed by atoms with Crippen molar-refractivity contribution in [3.8, 4) is 11.5 Å². The molecule has 0 bridgehead atoms. The Labute approximate surface area is 121 Å². The van der Waals surface area contributed by atoms with E-state index in [1.807, 2.05) is 0 Å². The zero-order chi connectivity index (χ0) is 15.0. The van der Waals surface area contributed by atoms with Gasteiger partial charge in [-0.3, -0.25) is 4.79 Å². The van der Waals surface area contributed by atoms with Crippen molar-refractivity contribution in [2.45, 2.75) is 32.6 Å². The molecule has 1 atom stereocenters. The minimum absolute atomic E-state index is 0.0937. The van der Waals surface area contributed by atoms with Crippen molar-refractivity contribution in [1.29, 1.82) is 0 Å². The Hall–Kier alpha value is -1.55. The summed E-state index contributed by atoms with van der Waals surface area (Å²) in [5.41, 5.74) is 6.18. The molecule has 0 saturated carbocycles. The van der Waals surface area contributed by atoms with E-state index >= 15 is 0 Å². The lowest BCUT2D eigenvalue weighted by atomic mass is 9.93. The molecule has 4 heteroatoms. The van der Waals surface area contributed by atoms with Gasteiger partial charge in [0.05, 0.1) is 19.8 Å². The monoisotopic (exact) mass is 279 g/mol. The van der Waals surface area contributed by atoms with Gasteiger partial charge >= 0.3 is 0 Å². The maximum Gasteiger partial charge on any atom is 0.166 e. The average molecular weight is 279 g/mol. The molecular weight excluding hydrogens is 254 g/mol. The first-order chi connectivity index (χ1) is 9.65. The fourth-order valence-electron chi connectivity index (χ4n) is 2.29. The Morgan fingerprint density at radius 3 is 2.55 bits per heavy atom. The summed E-state index contributed by atoms with van der Waals surface area (Å²) < 4.78 is 10.4. The first-order valence-electron chi connectivity index (χ1n) is 7.11. The molecule has 2 N–H and O–H groups in total. The molecule has 1 aromatic rings. The van der Waals surface area contributed by atoms with Gasteiger partial charge in [0.2, 0.25) is 0 Å². The number of hydrogen-bond acceptors (Lipinski definition) is 4. The fourth-order valence-corrected chi connectivity index (χ4v) is 2.29. The molecule has 1 unspecified atom stereocenters. The van der Waals surface area contributed by atoms with Gasteiger partial charge in [-0.15, -0.1) is 0 Å². The van der Waals surface area contributed by atoms with Gasteiger partial charge in [-0.2, -0.15) is 0 Å². The van der Waals surface area contributed by atoms with Crippen molar-refractivity contribution in [2.24, 2.45) is 11.7 Å². The highest BCUT2D eigenvalue weighted by Gasteiger charge is 2.15. The SMILES string of the molecule is CCC(CCN)CCC(=O)c1cc(OC)ccc1OC. The molecule has 0 radical (unpaired) electrons. The van der Waals surface area contributed by atoms with Crippen LogP contribution in [0.2, 0.25) is 0 Å². The van der Waals surface area contributed by atoms with Gasteiger partial charge in [-0.05, 0) is 43.5 Å². The largest absolute Gasteiger partial charge is 0.497 e. The van der Waals surface area contributed by atoms with E-state index in [2.05, 4.69) is 6.92 Å². The van der Waals surface area contributed by atoms with Crippen LogP contribution in [0.4, 0.5) is 0 Å². The lowest BCUT2D eigenvalue weighted by Gasteiger charge is -2.14. The minimum atomic E-state index is 0.0937. The molecule has 0 saturated heterocycles. The van der Waals surface area contributed by atoms with Crippen molar-refractivity contribution in [3.05, 3.63) is 23.8 Å². The van der Waals surface area contributed by atoms with E-state index in [1.165, 1.54) is 0 Å². The van der Waals surface area contributed by atoms with E-state index in [1.54, 1.807) is 32.4 Å². The van der Waals surface area contributed by atoms with Crippen LogP contribution in [-0.4, -0.2) is 26.5 Å². The predicted molar refractivity (Wildman–Crippen MR) is 80.6 cm³/mol. The summed E-state index contributed by atoms with van der Waals surface area (Å²) >= 11 is 0. The van der Waals surface area contributed by atoms with E-state index in [-0.39, 0.29) is 5.78 Å². The molecule has 1 aromatic carbocycles. The summed E-state index contributed by atoms with van der Waals surface area (Å²) in [5, 5.41) is 0.